The highest BCUT2D eigenvalue weighted by atomic mass is 16.5. The van der Waals surface area contributed by atoms with Crippen molar-refractivity contribution in [1.29, 1.82) is 0 Å². The number of piperidine rings is 1. The van der Waals surface area contributed by atoms with Crippen molar-refractivity contribution < 1.29 is 14.3 Å². The number of benzene rings is 1. The average Bonchev–Trinajstić information content (AvgIpc) is 2.78. The molecule has 1 N–H and O–H groups in total. The Morgan fingerprint density at radius 3 is 2.54 bits per heavy atom. The van der Waals surface area contributed by atoms with Crippen molar-refractivity contribution in [3.63, 3.8) is 0 Å². The number of nitrogens with zero attached hydrogens (tertiary/aromatic N) is 2. The summed E-state index contributed by atoms with van der Waals surface area (Å²) >= 11 is 0. The van der Waals surface area contributed by atoms with E-state index >= 15 is 0 Å². The zero-order chi connectivity index (χ0) is 17.3. The standard InChI is InChI=1S/C18H25N3O3/c1-12-8-13(2)17(24-15-4-6-19-7-5-15)14(9-12)10-21-16(22)11-20(3)18(21)23/h8-9,15,19H,4-7,10-11H2,1-3H3. The number of aryl methyl sites for hydroxylation is 2. The predicted molar refractivity (Wildman–Crippen MR) is 91.0 cm³/mol. The van der Waals surface area contributed by atoms with E-state index in [1.165, 1.54) is 9.80 Å². The van der Waals surface area contributed by atoms with E-state index in [9.17, 15) is 9.59 Å². The average molecular weight is 331 g/mol. The Bertz CT molecular complexity index is 653. The molecule has 6 heteroatoms. The molecular weight excluding hydrogens is 306 g/mol. The van der Waals surface area contributed by atoms with E-state index < -0.39 is 0 Å². The van der Waals surface area contributed by atoms with Gasteiger partial charge in [0.1, 0.15) is 18.4 Å². The van der Waals surface area contributed by atoms with Gasteiger partial charge < -0.3 is 15.0 Å². The second-order valence-corrected chi connectivity index (χ2v) is 6.76. The molecule has 2 aliphatic rings. The van der Waals surface area contributed by atoms with Crippen molar-refractivity contribution >= 4 is 11.9 Å². The maximum Gasteiger partial charge on any atom is 0.327 e. The van der Waals surface area contributed by atoms with Crippen LogP contribution in [0.25, 0.3) is 0 Å². The summed E-state index contributed by atoms with van der Waals surface area (Å²) in [6.45, 7) is 6.37. The lowest BCUT2D eigenvalue weighted by Crippen LogP contribution is -2.35. The van der Waals surface area contributed by atoms with Crippen LogP contribution >= 0.6 is 0 Å². The number of hydrogen-bond acceptors (Lipinski definition) is 4. The minimum Gasteiger partial charge on any atom is -0.490 e. The summed E-state index contributed by atoms with van der Waals surface area (Å²) in [5.74, 6) is 0.664. The largest absolute Gasteiger partial charge is 0.490 e. The molecule has 2 saturated heterocycles. The van der Waals surface area contributed by atoms with Crippen LogP contribution in [0.3, 0.4) is 0 Å². The summed E-state index contributed by atoms with van der Waals surface area (Å²) < 4.78 is 6.28. The first-order chi connectivity index (χ1) is 11.5. The molecule has 1 aromatic carbocycles. The number of carbonyl (C=O) groups is 2. The van der Waals surface area contributed by atoms with Gasteiger partial charge in [0.05, 0.1) is 6.54 Å². The Hall–Kier alpha value is -2.08. The quantitative estimate of drug-likeness (QED) is 0.855. The number of hydrogen-bond donors (Lipinski definition) is 1. The van der Waals surface area contributed by atoms with Gasteiger partial charge in [0.2, 0.25) is 0 Å². The summed E-state index contributed by atoms with van der Waals surface area (Å²) in [4.78, 5) is 27.0. The van der Waals surface area contributed by atoms with Gasteiger partial charge in [-0.3, -0.25) is 9.69 Å². The van der Waals surface area contributed by atoms with Gasteiger partial charge in [-0.25, -0.2) is 4.79 Å². The fraction of sp³-hybridized carbons (Fsp3) is 0.556. The Morgan fingerprint density at radius 1 is 1.21 bits per heavy atom. The predicted octanol–water partition coefficient (Wildman–Crippen LogP) is 1.83. The minimum absolute atomic E-state index is 0.147. The Morgan fingerprint density at radius 2 is 1.92 bits per heavy atom. The third-order valence-electron chi connectivity index (χ3n) is 4.63. The molecular formula is C18H25N3O3. The number of rotatable bonds is 4. The monoisotopic (exact) mass is 331 g/mol. The van der Waals surface area contributed by atoms with Crippen molar-refractivity contribution in [2.24, 2.45) is 0 Å². The molecule has 0 bridgehead atoms. The molecule has 2 fully saturated rings. The molecule has 0 spiro atoms. The number of amides is 3. The Labute approximate surface area is 142 Å². The second-order valence-electron chi connectivity index (χ2n) is 6.76. The summed E-state index contributed by atoms with van der Waals surface area (Å²) in [6.07, 6.45) is 2.12. The highest BCUT2D eigenvalue weighted by molar-refractivity contribution is 6.01. The SMILES string of the molecule is Cc1cc(C)c(OC2CCNCC2)c(CN2C(=O)CN(C)C2=O)c1. The molecule has 130 valence electrons. The lowest BCUT2D eigenvalue weighted by molar-refractivity contribution is -0.125. The minimum atomic E-state index is -0.244. The fourth-order valence-electron chi connectivity index (χ4n) is 3.40. The molecule has 0 aromatic heterocycles. The van der Waals surface area contributed by atoms with Crippen molar-refractivity contribution in [2.45, 2.75) is 39.3 Å². The number of imide groups is 1. The molecule has 1 aromatic rings. The molecule has 2 aliphatic heterocycles. The van der Waals surface area contributed by atoms with Crippen LogP contribution in [-0.2, 0) is 11.3 Å². The molecule has 0 unspecified atom stereocenters. The zero-order valence-electron chi connectivity index (χ0n) is 14.6. The third-order valence-corrected chi connectivity index (χ3v) is 4.63. The van der Waals surface area contributed by atoms with Gasteiger partial charge in [0.15, 0.2) is 0 Å². The normalized spacial score (nSPS) is 19.3. The van der Waals surface area contributed by atoms with E-state index in [2.05, 4.69) is 11.4 Å². The number of urea groups is 1. The molecule has 2 heterocycles. The smallest absolute Gasteiger partial charge is 0.327 e. The summed E-state index contributed by atoms with van der Waals surface area (Å²) in [5.41, 5.74) is 3.06. The third kappa shape index (κ3) is 3.38. The van der Waals surface area contributed by atoms with Gasteiger partial charge in [-0.1, -0.05) is 17.7 Å². The first-order valence-electron chi connectivity index (χ1n) is 8.48. The lowest BCUT2D eigenvalue weighted by atomic mass is 10.0. The zero-order valence-corrected chi connectivity index (χ0v) is 14.6. The van der Waals surface area contributed by atoms with Gasteiger partial charge in [-0.15, -0.1) is 0 Å². The number of carbonyl (C=O) groups excluding carboxylic acids is 2. The molecule has 0 saturated carbocycles. The van der Waals surface area contributed by atoms with Crippen molar-refractivity contribution in [3.05, 3.63) is 28.8 Å². The first-order valence-corrected chi connectivity index (χ1v) is 8.48. The maximum absolute atomic E-state index is 12.2. The van der Waals surface area contributed by atoms with E-state index in [4.69, 9.17) is 4.74 Å². The molecule has 3 rings (SSSR count). The molecule has 0 atom stereocenters. The van der Waals surface area contributed by atoms with Crippen LogP contribution in [-0.4, -0.2) is 54.5 Å². The van der Waals surface area contributed by atoms with Crippen LogP contribution in [0.1, 0.15) is 29.5 Å². The number of likely N-dealkylation sites (N-methyl/N-ethyl adjacent to an activating group) is 1. The van der Waals surface area contributed by atoms with Crippen LogP contribution in [0.2, 0.25) is 0 Å². The van der Waals surface area contributed by atoms with Crippen molar-refractivity contribution in [3.8, 4) is 5.75 Å². The van der Waals surface area contributed by atoms with E-state index in [0.29, 0.717) is 0 Å². The van der Waals surface area contributed by atoms with Crippen LogP contribution < -0.4 is 10.1 Å². The molecule has 0 radical (unpaired) electrons. The van der Waals surface area contributed by atoms with Crippen LogP contribution in [0.4, 0.5) is 4.79 Å². The topological polar surface area (TPSA) is 61.9 Å². The first kappa shape index (κ1) is 16.8. The molecule has 24 heavy (non-hydrogen) atoms. The van der Waals surface area contributed by atoms with Crippen LogP contribution in [0.5, 0.6) is 5.75 Å². The molecule has 3 amide bonds. The van der Waals surface area contributed by atoms with Crippen molar-refractivity contribution in [2.75, 3.05) is 26.7 Å². The lowest BCUT2D eigenvalue weighted by Gasteiger charge is -2.27. The van der Waals surface area contributed by atoms with E-state index in [1.807, 2.05) is 19.9 Å². The fourth-order valence-corrected chi connectivity index (χ4v) is 3.40. The summed E-state index contributed by atoms with van der Waals surface area (Å²) in [6, 6.07) is 3.86. The van der Waals surface area contributed by atoms with Gasteiger partial charge >= 0.3 is 6.03 Å². The van der Waals surface area contributed by atoms with Crippen molar-refractivity contribution in [1.82, 2.24) is 15.1 Å². The summed E-state index contributed by atoms with van der Waals surface area (Å²) in [7, 11) is 1.65. The summed E-state index contributed by atoms with van der Waals surface area (Å²) in [5, 5.41) is 3.33. The van der Waals surface area contributed by atoms with Gasteiger partial charge in [0, 0.05) is 12.6 Å². The van der Waals surface area contributed by atoms with E-state index in [0.717, 1.165) is 48.4 Å². The number of nitrogens with one attached hydrogen (secondary N) is 1. The van der Waals surface area contributed by atoms with Gasteiger partial charge in [-0.2, -0.15) is 0 Å². The number of ether oxygens (including phenoxy) is 1. The Balaban J connectivity index is 1.85. The highest BCUT2D eigenvalue weighted by Crippen LogP contribution is 2.30. The molecule has 6 nitrogen and oxygen atoms in total. The highest BCUT2D eigenvalue weighted by Gasteiger charge is 2.34. The van der Waals surface area contributed by atoms with Crippen LogP contribution in [0.15, 0.2) is 12.1 Å². The van der Waals surface area contributed by atoms with Gasteiger partial charge in [-0.05, 0) is 45.3 Å². The van der Waals surface area contributed by atoms with E-state index in [1.54, 1.807) is 7.05 Å². The van der Waals surface area contributed by atoms with Crippen LogP contribution in [0, 0.1) is 13.8 Å². The Kier molecular flexibility index (Phi) is 4.76. The van der Waals surface area contributed by atoms with Gasteiger partial charge in [0.25, 0.3) is 5.91 Å². The van der Waals surface area contributed by atoms with E-state index in [-0.39, 0.29) is 31.1 Å². The maximum atomic E-state index is 12.2. The molecule has 0 aliphatic carbocycles. The second kappa shape index (κ2) is 6.81.